The summed E-state index contributed by atoms with van der Waals surface area (Å²) < 4.78 is 11.1. The Morgan fingerprint density at radius 2 is 2.16 bits per heavy atom. The van der Waals surface area contributed by atoms with Gasteiger partial charge >= 0.3 is 0 Å². The average molecular weight is 345 g/mol. The zero-order chi connectivity index (χ0) is 17.5. The molecule has 0 amide bonds. The van der Waals surface area contributed by atoms with Crippen LogP contribution in [-0.4, -0.2) is 52.0 Å². The van der Waals surface area contributed by atoms with Crippen molar-refractivity contribution in [3.05, 3.63) is 35.4 Å². The minimum absolute atomic E-state index is 0.286. The molecule has 1 saturated carbocycles. The summed E-state index contributed by atoms with van der Waals surface area (Å²) in [7, 11) is 1.83. The number of hydrogen-bond donors (Lipinski definition) is 2. The van der Waals surface area contributed by atoms with E-state index in [1.54, 1.807) is 0 Å². The van der Waals surface area contributed by atoms with E-state index in [0.29, 0.717) is 6.10 Å². The van der Waals surface area contributed by atoms with Crippen LogP contribution in [-0.2, 0) is 14.9 Å². The molecular formula is C20H31N3O2. The van der Waals surface area contributed by atoms with Gasteiger partial charge in [-0.3, -0.25) is 4.99 Å². The largest absolute Gasteiger partial charge is 0.379 e. The summed E-state index contributed by atoms with van der Waals surface area (Å²) in [6.07, 6.45) is 4.79. The van der Waals surface area contributed by atoms with Crippen LogP contribution in [0.3, 0.4) is 0 Å². The third-order valence-corrected chi connectivity index (χ3v) is 5.24. The number of ether oxygens (including phenoxy) is 2. The predicted octanol–water partition coefficient (Wildman–Crippen LogP) is 2.39. The van der Waals surface area contributed by atoms with Crippen molar-refractivity contribution in [3.8, 4) is 0 Å². The first-order chi connectivity index (χ1) is 12.2. The zero-order valence-corrected chi connectivity index (χ0v) is 15.5. The second kappa shape index (κ2) is 8.68. The summed E-state index contributed by atoms with van der Waals surface area (Å²) in [5.74, 6) is 0.879. The zero-order valence-electron chi connectivity index (χ0n) is 15.5. The normalized spacial score (nSPS) is 22.0. The van der Waals surface area contributed by atoms with Gasteiger partial charge in [0, 0.05) is 38.8 Å². The number of aryl methyl sites for hydroxylation is 1. The van der Waals surface area contributed by atoms with Gasteiger partial charge in [0.1, 0.15) is 0 Å². The number of benzene rings is 1. The van der Waals surface area contributed by atoms with Crippen LogP contribution in [0.2, 0.25) is 0 Å². The Morgan fingerprint density at radius 1 is 1.32 bits per heavy atom. The molecule has 1 aromatic rings. The highest BCUT2D eigenvalue weighted by Crippen LogP contribution is 2.48. The first-order valence-electron chi connectivity index (χ1n) is 9.43. The van der Waals surface area contributed by atoms with Gasteiger partial charge in [0.2, 0.25) is 0 Å². The minimum Gasteiger partial charge on any atom is -0.379 e. The van der Waals surface area contributed by atoms with E-state index >= 15 is 0 Å². The number of nitrogens with zero attached hydrogens (tertiary/aromatic N) is 1. The third-order valence-electron chi connectivity index (χ3n) is 5.24. The Labute approximate surface area is 151 Å². The Morgan fingerprint density at radius 3 is 2.84 bits per heavy atom. The van der Waals surface area contributed by atoms with Gasteiger partial charge in [-0.25, -0.2) is 0 Å². The van der Waals surface area contributed by atoms with Gasteiger partial charge < -0.3 is 20.1 Å². The summed E-state index contributed by atoms with van der Waals surface area (Å²) in [5, 5.41) is 6.90. The predicted molar refractivity (Wildman–Crippen MR) is 101 cm³/mol. The van der Waals surface area contributed by atoms with E-state index in [1.807, 2.05) is 7.05 Å². The van der Waals surface area contributed by atoms with E-state index < -0.39 is 0 Å². The standard InChI is InChI=1S/C20H31N3O2/c1-16-6-3-4-7-18(16)20(9-10-20)15-23-19(21-2)22-11-5-12-25-17-8-13-24-14-17/h3-4,6-7,17H,5,8-15H2,1-2H3,(H2,21,22,23). The van der Waals surface area contributed by atoms with Crippen LogP contribution in [0.5, 0.6) is 0 Å². The van der Waals surface area contributed by atoms with Gasteiger partial charge in [-0.05, 0) is 43.7 Å². The van der Waals surface area contributed by atoms with Gasteiger partial charge in [-0.15, -0.1) is 0 Å². The van der Waals surface area contributed by atoms with Crippen LogP contribution in [0.15, 0.2) is 29.3 Å². The second-order valence-corrected chi connectivity index (χ2v) is 7.16. The summed E-state index contributed by atoms with van der Waals surface area (Å²) in [5.41, 5.74) is 3.15. The molecule has 5 heteroatoms. The molecule has 0 radical (unpaired) electrons. The molecule has 0 aromatic heterocycles. The molecule has 1 aromatic carbocycles. The highest BCUT2D eigenvalue weighted by molar-refractivity contribution is 5.79. The molecule has 2 aliphatic rings. The summed E-state index contributed by atoms with van der Waals surface area (Å²) in [4.78, 5) is 4.34. The fraction of sp³-hybridized carbons (Fsp3) is 0.650. The monoisotopic (exact) mass is 345 g/mol. The maximum Gasteiger partial charge on any atom is 0.191 e. The number of rotatable bonds is 8. The molecule has 1 aliphatic carbocycles. The van der Waals surface area contributed by atoms with Crippen molar-refractivity contribution in [3.63, 3.8) is 0 Å². The fourth-order valence-corrected chi connectivity index (χ4v) is 3.51. The molecule has 2 N–H and O–H groups in total. The molecule has 3 rings (SSSR count). The Kier molecular flexibility index (Phi) is 6.32. The SMILES string of the molecule is CN=C(NCCCOC1CCOC1)NCC1(c2ccccc2C)CC1. The maximum absolute atomic E-state index is 5.79. The van der Waals surface area contributed by atoms with Crippen molar-refractivity contribution >= 4 is 5.96 Å². The Bertz CT molecular complexity index is 578. The molecule has 2 fully saturated rings. The molecule has 138 valence electrons. The topological polar surface area (TPSA) is 54.9 Å². The van der Waals surface area contributed by atoms with E-state index in [4.69, 9.17) is 9.47 Å². The molecule has 1 atom stereocenters. The first-order valence-corrected chi connectivity index (χ1v) is 9.43. The molecule has 1 unspecified atom stereocenters. The van der Waals surface area contributed by atoms with Gasteiger partial charge in [-0.1, -0.05) is 24.3 Å². The number of nitrogens with one attached hydrogen (secondary N) is 2. The highest BCUT2D eigenvalue weighted by atomic mass is 16.5. The molecule has 1 heterocycles. The van der Waals surface area contributed by atoms with E-state index in [0.717, 1.165) is 51.7 Å². The number of guanidine groups is 1. The van der Waals surface area contributed by atoms with Gasteiger partial charge in [0.25, 0.3) is 0 Å². The lowest BCUT2D eigenvalue weighted by molar-refractivity contribution is 0.0420. The van der Waals surface area contributed by atoms with Crippen molar-refractivity contribution in [2.45, 2.75) is 44.1 Å². The van der Waals surface area contributed by atoms with Crippen molar-refractivity contribution < 1.29 is 9.47 Å². The quantitative estimate of drug-likeness (QED) is 0.431. The van der Waals surface area contributed by atoms with Crippen LogP contribution in [0.1, 0.15) is 36.8 Å². The van der Waals surface area contributed by atoms with Crippen molar-refractivity contribution in [2.24, 2.45) is 4.99 Å². The van der Waals surface area contributed by atoms with Gasteiger partial charge in [-0.2, -0.15) is 0 Å². The molecular weight excluding hydrogens is 314 g/mol. The lowest BCUT2D eigenvalue weighted by Crippen LogP contribution is -2.41. The Balaban J connectivity index is 1.37. The molecule has 1 saturated heterocycles. The summed E-state index contributed by atoms with van der Waals surface area (Å²) >= 11 is 0. The molecule has 0 bridgehead atoms. The van der Waals surface area contributed by atoms with Gasteiger partial charge in [0.05, 0.1) is 12.7 Å². The summed E-state index contributed by atoms with van der Waals surface area (Å²) in [6, 6.07) is 8.73. The number of aliphatic imine (C=N–C) groups is 1. The molecule has 5 nitrogen and oxygen atoms in total. The minimum atomic E-state index is 0.286. The molecule has 25 heavy (non-hydrogen) atoms. The lowest BCUT2D eigenvalue weighted by Gasteiger charge is -2.21. The average Bonchev–Trinajstić information content (AvgIpc) is 3.23. The molecule has 0 spiro atoms. The van der Waals surface area contributed by atoms with Gasteiger partial charge in [0.15, 0.2) is 5.96 Å². The van der Waals surface area contributed by atoms with E-state index in [-0.39, 0.29) is 5.41 Å². The molecule has 1 aliphatic heterocycles. The fourth-order valence-electron chi connectivity index (χ4n) is 3.51. The second-order valence-electron chi connectivity index (χ2n) is 7.16. The Hall–Kier alpha value is -1.59. The smallest absolute Gasteiger partial charge is 0.191 e. The van der Waals surface area contributed by atoms with Crippen LogP contribution in [0.4, 0.5) is 0 Å². The van der Waals surface area contributed by atoms with Crippen LogP contribution < -0.4 is 10.6 Å². The first kappa shape index (κ1) is 18.2. The van der Waals surface area contributed by atoms with E-state index in [2.05, 4.69) is 46.8 Å². The third kappa shape index (κ3) is 4.95. The summed E-state index contributed by atoms with van der Waals surface area (Å²) in [6.45, 7) is 6.36. The van der Waals surface area contributed by atoms with Crippen molar-refractivity contribution in [2.75, 3.05) is 40.0 Å². The van der Waals surface area contributed by atoms with Crippen molar-refractivity contribution in [1.82, 2.24) is 10.6 Å². The van der Waals surface area contributed by atoms with Crippen molar-refractivity contribution in [1.29, 1.82) is 0 Å². The van der Waals surface area contributed by atoms with E-state index in [9.17, 15) is 0 Å². The lowest BCUT2D eigenvalue weighted by atomic mass is 9.92. The van der Waals surface area contributed by atoms with Crippen LogP contribution >= 0.6 is 0 Å². The van der Waals surface area contributed by atoms with Crippen LogP contribution in [0, 0.1) is 6.92 Å². The maximum atomic E-state index is 5.79. The van der Waals surface area contributed by atoms with E-state index in [1.165, 1.54) is 24.0 Å². The van der Waals surface area contributed by atoms with Crippen LogP contribution in [0.25, 0.3) is 0 Å². The number of hydrogen-bond acceptors (Lipinski definition) is 3. The highest BCUT2D eigenvalue weighted by Gasteiger charge is 2.44.